The SMILES string of the molecule is O=C(O)CCC(=O)c1cc(F)cc(C(F)(F)F)c1. The molecule has 0 radical (unpaired) electrons. The van der Waals surface area contributed by atoms with E-state index < -0.39 is 47.7 Å². The first-order valence-corrected chi connectivity index (χ1v) is 4.83. The van der Waals surface area contributed by atoms with E-state index in [0.717, 1.165) is 0 Å². The molecule has 0 unspecified atom stereocenters. The smallest absolute Gasteiger partial charge is 0.416 e. The van der Waals surface area contributed by atoms with Crippen molar-refractivity contribution < 1.29 is 32.3 Å². The van der Waals surface area contributed by atoms with E-state index in [4.69, 9.17) is 5.11 Å². The summed E-state index contributed by atoms with van der Waals surface area (Å²) in [7, 11) is 0. The molecule has 0 bridgehead atoms. The van der Waals surface area contributed by atoms with Crippen LogP contribution in [0.5, 0.6) is 0 Å². The summed E-state index contributed by atoms with van der Waals surface area (Å²) in [6.45, 7) is 0. The van der Waals surface area contributed by atoms with Crippen molar-refractivity contribution >= 4 is 11.8 Å². The molecule has 0 atom stereocenters. The molecule has 0 aromatic heterocycles. The van der Waals surface area contributed by atoms with Gasteiger partial charge in [-0.15, -0.1) is 0 Å². The minimum atomic E-state index is -4.76. The molecular formula is C11H8F4O3. The zero-order valence-electron chi connectivity index (χ0n) is 8.92. The van der Waals surface area contributed by atoms with E-state index in [9.17, 15) is 27.2 Å². The van der Waals surface area contributed by atoms with E-state index in [2.05, 4.69) is 0 Å². The van der Waals surface area contributed by atoms with Gasteiger partial charge in [0.05, 0.1) is 12.0 Å². The average Bonchev–Trinajstić information content (AvgIpc) is 2.23. The second-order valence-electron chi connectivity index (χ2n) is 3.54. The van der Waals surface area contributed by atoms with E-state index in [0.29, 0.717) is 12.1 Å². The van der Waals surface area contributed by atoms with Gasteiger partial charge in [0, 0.05) is 12.0 Å². The summed E-state index contributed by atoms with van der Waals surface area (Å²) < 4.78 is 50.0. The highest BCUT2D eigenvalue weighted by atomic mass is 19.4. The van der Waals surface area contributed by atoms with Crippen molar-refractivity contribution in [1.82, 2.24) is 0 Å². The maximum atomic E-state index is 12.9. The Labute approximate surface area is 99.0 Å². The fraction of sp³-hybridized carbons (Fsp3) is 0.273. The van der Waals surface area contributed by atoms with Crippen LogP contribution in [0.3, 0.4) is 0 Å². The molecule has 0 amide bonds. The number of ketones is 1. The molecule has 98 valence electrons. The number of carbonyl (C=O) groups is 2. The van der Waals surface area contributed by atoms with Crippen LogP contribution in [-0.2, 0) is 11.0 Å². The average molecular weight is 264 g/mol. The highest BCUT2D eigenvalue weighted by Gasteiger charge is 2.31. The quantitative estimate of drug-likeness (QED) is 0.672. The third kappa shape index (κ3) is 3.83. The van der Waals surface area contributed by atoms with E-state index in [-0.39, 0.29) is 6.07 Å². The summed E-state index contributed by atoms with van der Waals surface area (Å²) in [6, 6.07) is 1.43. The fourth-order valence-electron chi connectivity index (χ4n) is 1.28. The molecule has 7 heteroatoms. The zero-order chi connectivity index (χ0) is 13.9. The van der Waals surface area contributed by atoms with Gasteiger partial charge in [0.15, 0.2) is 5.78 Å². The zero-order valence-corrected chi connectivity index (χ0v) is 8.92. The van der Waals surface area contributed by atoms with Crippen molar-refractivity contribution in [3.8, 4) is 0 Å². The van der Waals surface area contributed by atoms with Gasteiger partial charge in [-0.1, -0.05) is 0 Å². The first kappa shape index (κ1) is 14.1. The number of alkyl halides is 3. The summed E-state index contributed by atoms with van der Waals surface area (Å²) in [5, 5.41) is 8.34. The number of carboxylic acid groups (broad SMARTS) is 1. The molecule has 0 fully saturated rings. The Morgan fingerprint density at radius 3 is 2.22 bits per heavy atom. The molecule has 0 heterocycles. The van der Waals surface area contributed by atoms with Crippen LogP contribution < -0.4 is 0 Å². The van der Waals surface area contributed by atoms with Gasteiger partial charge in [-0.25, -0.2) is 4.39 Å². The number of aliphatic carboxylic acids is 1. The molecule has 0 spiro atoms. The Bertz CT molecular complexity index is 480. The summed E-state index contributed by atoms with van der Waals surface area (Å²) in [5.74, 6) is -3.29. The van der Waals surface area contributed by atoms with Crippen LogP contribution in [0.2, 0.25) is 0 Å². The highest BCUT2D eigenvalue weighted by Crippen LogP contribution is 2.30. The molecule has 1 rings (SSSR count). The van der Waals surface area contributed by atoms with Gasteiger partial charge in [-0.3, -0.25) is 9.59 Å². The van der Waals surface area contributed by atoms with Crippen LogP contribution in [0.25, 0.3) is 0 Å². The first-order chi connectivity index (χ1) is 8.20. The molecule has 0 saturated heterocycles. The number of halogens is 4. The van der Waals surface area contributed by atoms with Crippen molar-refractivity contribution in [3.63, 3.8) is 0 Å². The van der Waals surface area contributed by atoms with Gasteiger partial charge in [0.1, 0.15) is 5.82 Å². The molecule has 0 aliphatic rings. The lowest BCUT2D eigenvalue weighted by atomic mass is 10.0. The lowest BCUT2D eigenvalue weighted by Gasteiger charge is -2.08. The predicted molar refractivity (Wildman–Crippen MR) is 52.6 cm³/mol. The molecule has 1 N–H and O–H groups in total. The number of hydrogen-bond donors (Lipinski definition) is 1. The van der Waals surface area contributed by atoms with Crippen LogP contribution in [0.15, 0.2) is 18.2 Å². The molecule has 1 aromatic rings. The summed E-state index contributed by atoms with van der Waals surface area (Å²) >= 11 is 0. The van der Waals surface area contributed by atoms with Crippen molar-refractivity contribution in [2.24, 2.45) is 0 Å². The molecule has 18 heavy (non-hydrogen) atoms. The van der Waals surface area contributed by atoms with Crippen LogP contribution in [0, 0.1) is 5.82 Å². The maximum absolute atomic E-state index is 12.9. The summed E-state index contributed by atoms with van der Waals surface area (Å²) in [6.07, 6.45) is -5.75. The van der Waals surface area contributed by atoms with Crippen molar-refractivity contribution in [2.75, 3.05) is 0 Å². The second kappa shape index (κ2) is 5.16. The number of benzene rings is 1. The van der Waals surface area contributed by atoms with Gasteiger partial charge in [0.2, 0.25) is 0 Å². The van der Waals surface area contributed by atoms with Gasteiger partial charge in [-0.05, 0) is 18.2 Å². The molecule has 1 aromatic carbocycles. The monoisotopic (exact) mass is 264 g/mol. The van der Waals surface area contributed by atoms with Gasteiger partial charge < -0.3 is 5.11 Å². The predicted octanol–water partition coefficient (Wildman–Crippen LogP) is 2.89. The van der Waals surface area contributed by atoms with Crippen molar-refractivity contribution in [3.05, 3.63) is 35.1 Å². The molecular weight excluding hydrogens is 256 g/mol. The first-order valence-electron chi connectivity index (χ1n) is 4.83. The normalized spacial score (nSPS) is 11.3. The van der Waals surface area contributed by atoms with Crippen LogP contribution >= 0.6 is 0 Å². The highest BCUT2D eigenvalue weighted by molar-refractivity contribution is 5.97. The lowest BCUT2D eigenvalue weighted by molar-refractivity contribution is -0.138. The van der Waals surface area contributed by atoms with E-state index >= 15 is 0 Å². The number of carbonyl (C=O) groups excluding carboxylic acids is 1. The fourth-order valence-corrected chi connectivity index (χ4v) is 1.28. The molecule has 0 saturated carbocycles. The topological polar surface area (TPSA) is 54.4 Å². The van der Waals surface area contributed by atoms with Gasteiger partial charge >= 0.3 is 12.1 Å². The Kier molecular flexibility index (Phi) is 4.05. The van der Waals surface area contributed by atoms with E-state index in [1.165, 1.54) is 0 Å². The maximum Gasteiger partial charge on any atom is 0.416 e. The third-order valence-electron chi connectivity index (χ3n) is 2.11. The Hall–Kier alpha value is -1.92. The third-order valence-corrected chi connectivity index (χ3v) is 2.11. The summed E-state index contributed by atoms with van der Waals surface area (Å²) in [5.41, 5.74) is -1.76. The standard InChI is InChI=1S/C11H8F4O3/c12-8-4-6(9(16)1-2-10(17)18)3-7(5-8)11(13,14)15/h3-5H,1-2H2,(H,17,18). The second-order valence-corrected chi connectivity index (χ2v) is 3.54. The van der Waals surface area contributed by atoms with Gasteiger partial charge in [-0.2, -0.15) is 13.2 Å². The number of Topliss-reactive ketones (excluding diaryl/α,β-unsaturated/α-hetero) is 1. The molecule has 3 nitrogen and oxygen atoms in total. The lowest BCUT2D eigenvalue weighted by Crippen LogP contribution is -2.09. The van der Waals surface area contributed by atoms with E-state index in [1.54, 1.807) is 0 Å². The number of carboxylic acids is 1. The minimum Gasteiger partial charge on any atom is -0.481 e. The van der Waals surface area contributed by atoms with Crippen molar-refractivity contribution in [1.29, 1.82) is 0 Å². The largest absolute Gasteiger partial charge is 0.481 e. The van der Waals surface area contributed by atoms with Gasteiger partial charge in [0.25, 0.3) is 0 Å². The Balaban J connectivity index is 2.99. The Morgan fingerprint density at radius 1 is 1.11 bits per heavy atom. The number of rotatable bonds is 4. The van der Waals surface area contributed by atoms with E-state index in [1.807, 2.05) is 0 Å². The van der Waals surface area contributed by atoms with Crippen molar-refractivity contribution in [2.45, 2.75) is 19.0 Å². The van der Waals surface area contributed by atoms with Crippen LogP contribution in [-0.4, -0.2) is 16.9 Å². The summed E-state index contributed by atoms with van der Waals surface area (Å²) in [4.78, 5) is 21.6. The number of hydrogen-bond acceptors (Lipinski definition) is 2. The molecule has 0 aliphatic carbocycles. The van der Waals surface area contributed by atoms with Crippen LogP contribution in [0.4, 0.5) is 17.6 Å². The minimum absolute atomic E-state index is 0.272. The van der Waals surface area contributed by atoms with Crippen LogP contribution in [0.1, 0.15) is 28.8 Å². The Morgan fingerprint density at radius 2 is 1.72 bits per heavy atom. The molecule has 0 aliphatic heterocycles.